The Bertz CT molecular complexity index is 1130. The first kappa shape index (κ1) is 28.6. The van der Waals surface area contributed by atoms with Gasteiger partial charge in [0, 0.05) is 49.9 Å². The Kier molecular flexibility index (Phi) is 9.44. The molecule has 2 unspecified atom stereocenters. The van der Waals surface area contributed by atoms with Crippen molar-refractivity contribution in [3.8, 4) is 0 Å². The molecule has 40 heavy (non-hydrogen) atoms. The average molecular weight is 555 g/mol. The largest absolute Gasteiger partial charge is 0.377 e. The summed E-state index contributed by atoms with van der Waals surface area (Å²) in [6, 6.07) is 11.6. The Morgan fingerprint density at radius 1 is 0.950 bits per heavy atom. The molecule has 2 aliphatic heterocycles. The van der Waals surface area contributed by atoms with Gasteiger partial charge in [-0.25, -0.2) is 8.78 Å². The molecule has 1 aliphatic carbocycles. The minimum absolute atomic E-state index is 0.0297. The number of hydrogen-bond acceptors (Lipinski definition) is 5. The van der Waals surface area contributed by atoms with E-state index < -0.39 is 11.9 Å². The Labute approximate surface area is 235 Å². The van der Waals surface area contributed by atoms with Crippen LogP contribution in [-0.4, -0.2) is 71.6 Å². The van der Waals surface area contributed by atoms with Crippen molar-refractivity contribution in [1.82, 2.24) is 15.1 Å². The van der Waals surface area contributed by atoms with Crippen LogP contribution in [0, 0.1) is 11.6 Å². The van der Waals surface area contributed by atoms with E-state index >= 15 is 0 Å². The number of hydrogen-bond donors (Lipinski definition) is 2. The standard InChI is InChI=1S/C31H40F2N4O3/c32-23-7-3-21(4-8-23)19-36(20-28-2-1-17-40-28)27-15-16-37(31(39)22-5-9-24(33)10-6-22)29(18-27)30(38)35-26-13-11-25(34)12-14-26/h3-10,25-29H,1-2,11-20,34H2,(H,35,38)/t25?,26?,27?,28?,29-/m1/s1. The van der Waals surface area contributed by atoms with Crippen molar-refractivity contribution in [1.29, 1.82) is 0 Å². The van der Waals surface area contributed by atoms with Gasteiger partial charge < -0.3 is 20.7 Å². The molecule has 2 amide bonds. The van der Waals surface area contributed by atoms with Gasteiger partial charge in [0.25, 0.3) is 5.91 Å². The van der Waals surface area contributed by atoms with E-state index in [4.69, 9.17) is 10.5 Å². The van der Waals surface area contributed by atoms with Crippen molar-refractivity contribution in [3.05, 3.63) is 71.3 Å². The van der Waals surface area contributed by atoms with Gasteiger partial charge in [-0.2, -0.15) is 0 Å². The lowest BCUT2D eigenvalue weighted by atomic mass is 9.90. The lowest BCUT2D eigenvalue weighted by molar-refractivity contribution is -0.128. The Balaban J connectivity index is 1.36. The van der Waals surface area contributed by atoms with Crippen molar-refractivity contribution in [2.75, 3.05) is 19.7 Å². The van der Waals surface area contributed by atoms with Crippen molar-refractivity contribution >= 4 is 11.8 Å². The van der Waals surface area contributed by atoms with Gasteiger partial charge in [0.1, 0.15) is 17.7 Å². The summed E-state index contributed by atoms with van der Waals surface area (Å²) in [6.07, 6.45) is 6.65. The Morgan fingerprint density at radius 2 is 1.62 bits per heavy atom. The third-order valence-electron chi connectivity index (χ3n) is 8.63. The fourth-order valence-electron chi connectivity index (χ4n) is 6.31. The molecule has 7 nitrogen and oxygen atoms in total. The van der Waals surface area contributed by atoms with Gasteiger partial charge in [0.05, 0.1) is 6.10 Å². The highest BCUT2D eigenvalue weighted by Gasteiger charge is 2.40. The zero-order valence-corrected chi connectivity index (χ0v) is 22.9. The zero-order chi connectivity index (χ0) is 28.1. The minimum atomic E-state index is -0.660. The van der Waals surface area contributed by atoms with Crippen molar-refractivity contribution in [2.24, 2.45) is 5.73 Å². The molecule has 2 aromatic carbocycles. The minimum Gasteiger partial charge on any atom is -0.377 e. The number of nitrogens with one attached hydrogen (secondary N) is 1. The molecule has 2 saturated heterocycles. The second-order valence-corrected chi connectivity index (χ2v) is 11.5. The molecule has 0 bridgehead atoms. The van der Waals surface area contributed by atoms with E-state index in [1.807, 2.05) is 0 Å². The van der Waals surface area contributed by atoms with Gasteiger partial charge in [-0.05, 0) is 93.3 Å². The number of piperidine rings is 1. The van der Waals surface area contributed by atoms with Crippen LogP contribution in [0.4, 0.5) is 8.78 Å². The molecule has 3 aliphatic rings. The maximum Gasteiger partial charge on any atom is 0.254 e. The van der Waals surface area contributed by atoms with E-state index in [1.165, 1.54) is 36.4 Å². The number of ether oxygens (including phenoxy) is 1. The number of nitrogens with zero attached hydrogens (tertiary/aromatic N) is 2. The van der Waals surface area contributed by atoms with Crippen LogP contribution in [0.2, 0.25) is 0 Å². The van der Waals surface area contributed by atoms with Gasteiger partial charge in [-0.3, -0.25) is 14.5 Å². The quantitative estimate of drug-likeness (QED) is 0.515. The zero-order valence-electron chi connectivity index (χ0n) is 22.9. The number of nitrogens with two attached hydrogens (primary N) is 1. The van der Waals surface area contributed by atoms with E-state index in [-0.39, 0.29) is 41.9 Å². The first-order chi connectivity index (χ1) is 19.4. The van der Waals surface area contributed by atoms with Crippen LogP contribution in [0.5, 0.6) is 0 Å². The van der Waals surface area contributed by atoms with Crippen LogP contribution in [0.3, 0.4) is 0 Å². The van der Waals surface area contributed by atoms with Crippen LogP contribution in [0.1, 0.15) is 67.3 Å². The van der Waals surface area contributed by atoms with Gasteiger partial charge >= 0.3 is 0 Å². The highest BCUT2D eigenvalue weighted by Crippen LogP contribution is 2.28. The van der Waals surface area contributed by atoms with Crippen molar-refractivity contribution in [3.63, 3.8) is 0 Å². The molecule has 2 heterocycles. The Hall–Kier alpha value is -2.88. The molecule has 1 saturated carbocycles. The van der Waals surface area contributed by atoms with Gasteiger partial charge in [0.15, 0.2) is 0 Å². The normalized spacial score (nSPS) is 27.1. The van der Waals surface area contributed by atoms with E-state index in [0.29, 0.717) is 38.0 Å². The lowest BCUT2D eigenvalue weighted by Gasteiger charge is -2.44. The molecule has 3 N–H and O–H groups in total. The molecule has 3 fully saturated rings. The maximum atomic E-state index is 13.8. The summed E-state index contributed by atoms with van der Waals surface area (Å²) in [4.78, 5) is 31.3. The second-order valence-electron chi connectivity index (χ2n) is 11.5. The molecule has 3 atom stereocenters. The van der Waals surface area contributed by atoms with Crippen molar-refractivity contribution in [2.45, 2.75) is 88.2 Å². The number of likely N-dealkylation sites (tertiary alicyclic amines) is 1. The van der Waals surface area contributed by atoms with E-state index in [2.05, 4.69) is 10.2 Å². The maximum absolute atomic E-state index is 13.8. The molecule has 0 aromatic heterocycles. The molecule has 0 spiro atoms. The molecular weight excluding hydrogens is 514 g/mol. The predicted molar refractivity (Wildman–Crippen MR) is 148 cm³/mol. The van der Waals surface area contributed by atoms with Crippen LogP contribution < -0.4 is 11.1 Å². The number of halogens is 2. The highest BCUT2D eigenvalue weighted by atomic mass is 19.1. The summed E-state index contributed by atoms with van der Waals surface area (Å²) >= 11 is 0. The molecule has 0 radical (unpaired) electrons. The molecule has 2 aromatic rings. The monoisotopic (exact) mass is 554 g/mol. The van der Waals surface area contributed by atoms with Crippen LogP contribution >= 0.6 is 0 Å². The number of benzene rings is 2. The van der Waals surface area contributed by atoms with Crippen LogP contribution in [0.25, 0.3) is 0 Å². The summed E-state index contributed by atoms with van der Waals surface area (Å²) in [7, 11) is 0. The summed E-state index contributed by atoms with van der Waals surface area (Å²) in [6.45, 7) is 2.46. The van der Waals surface area contributed by atoms with Crippen LogP contribution in [0.15, 0.2) is 48.5 Å². The predicted octanol–water partition coefficient (Wildman–Crippen LogP) is 4.01. The lowest BCUT2D eigenvalue weighted by Crippen LogP contribution is -2.59. The van der Waals surface area contributed by atoms with E-state index in [1.54, 1.807) is 17.0 Å². The van der Waals surface area contributed by atoms with Crippen LogP contribution in [-0.2, 0) is 16.1 Å². The average Bonchev–Trinajstić information content (AvgIpc) is 3.48. The molecule has 9 heteroatoms. The summed E-state index contributed by atoms with van der Waals surface area (Å²) in [5, 5.41) is 3.21. The Morgan fingerprint density at radius 3 is 2.27 bits per heavy atom. The first-order valence-electron chi connectivity index (χ1n) is 14.6. The van der Waals surface area contributed by atoms with Crippen molar-refractivity contribution < 1.29 is 23.1 Å². The summed E-state index contributed by atoms with van der Waals surface area (Å²) < 4.78 is 33.1. The summed E-state index contributed by atoms with van der Waals surface area (Å²) in [5.41, 5.74) is 7.42. The molecular formula is C31H40F2N4O3. The number of rotatable bonds is 8. The smallest absolute Gasteiger partial charge is 0.254 e. The number of carbonyl (C=O) groups excluding carboxylic acids is 2. The first-order valence-corrected chi connectivity index (χ1v) is 14.6. The van der Waals surface area contributed by atoms with Gasteiger partial charge in [-0.1, -0.05) is 12.1 Å². The third-order valence-corrected chi connectivity index (χ3v) is 8.63. The molecule has 216 valence electrons. The fraction of sp³-hybridized carbons (Fsp3) is 0.548. The SMILES string of the molecule is NC1CCC(NC(=O)[C@H]2CC(N(Cc3ccc(F)cc3)CC3CCCO3)CCN2C(=O)c2ccc(F)cc2)CC1. The third kappa shape index (κ3) is 7.25. The van der Waals surface area contributed by atoms with Gasteiger partial charge in [-0.15, -0.1) is 0 Å². The van der Waals surface area contributed by atoms with Gasteiger partial charge in [0.2, 0.25) is 5.91 Å². The fourth-order valence-corrected chi connectivity index (χ4v) is 6.31. The molecule has 5 rings (SSSR count). The highest BCUT2D eigenvalue weighted by molar-refractivity contribution is 5.97. The van der Waals surface area contributed by atoms with E-state index in [9.17, 15) is 18.4 Å². The topological polar surface area (TPSA) is 87.9 Å². The number of carbonyl (C=O) groups is 2. The second kappa shape index (κ2) is 13.2. The summed E-state index contributed by atoms with van der Waals surface area (Å²) in [5.74, 6) is -1.11. The number of amides is 2. The van der Waals surface area contributed by atoms with E-state index in [0.717, 1.165) is 50.7 Å².